The fourth-order valence-corrected chi connectivity index (χ4v) is 2.50. The maximum atomic E-state index is 12.5. The normalized spacial score (nSPS) is 11.5. The number of anilines is 1. The number of nitro groups is 1. The molecule has 0 bridgehead atoms. The molecule has 2 N–H and O–H groups in total. The minimum absolute atomic E-state index is 0.108. The van der Waals surface area contributed by atoms with Crippen LogP contribution in [0.15, 0.2) is 42.5 Å². The Morgan fingerprint density at radius 2 is 2.04 bits per heavy atom. The third kappa shape index (κ3) is 5.25. The number of Topliss-reactive ketones (excluding diaryl/α,β-unsaturated/α-hetero) is 1. The first-order valence-corrected chi connectivity index (χ1v) is 8.35. The zero-order chi connectivity index (χ0) is 20.0. The lowest BCUT2D eigenvalue weighted by molar-refractivity contribution is -0.384. The molecule has 0 amide bonds. The summed E-state index contributed by atoms with van der Waals surface area (Å²) in [6.07, 6.45) is -1.12. The smallest absolute Gasteiger partial charge is 0.341 e. The summed E-state index contributed by atoms with van der Waals surface area (Å²) in [5, 5.41) is 23.0. The fourth-order valence-electron chi connectivity index (χ4n) is 2.31. The highest BCUT2D eigenvalue weighted by molar-refractivity contribution is 6.31. The van der Waals surface area contributed by atoms with Crippen LogP contribution in [-0.2, 0) is 4.74 Å². The molecule has 0 aliphatic carbocycles. The number of carbonyl (C=O) groups excluding carboxylic acids is 2. The van der Waals surface area contributed by atoms with E-state index in [4.69, 9.17) is 21.4 Å². The number of nitro benzene ring substituents is 1. The number of hydrogen-bond donors (Lipinski definition) is 2. The summed E-state index contributed by atoms with van der Waals surface area (Å²) in [7, 11) is 0. The molecule has 0 heterocycles. The average molecular weight is 393 g/mol. The number of nitrogens with one attached hydrogen (secondary N) is 1. The van der Waals surface area contributed by atoms with Gasteiger partial charge in [0.15, 0.2) is 6.10 Å². The monoisotopic (exact) mass is 392 g/mol. The molecular formula is C18H17ClN2O6. The first kappa shape index (κ1) is 20.3. The van der Waals surface area contributed by atoms with Gasteiger partial charge in [-0.3, -0.25) is 14.9 Å². The van der Waals surface area contributed by atoms with Crippen LogP contribution in [-0.4, -0.2) is 41.0 Å². The highest BCUT2D eigenvalue weighted by atomic mass is 35.5. The summed E-state index contributed by atoms with van der Waals surface area (Å²) in [5.41, 5.74) is 0.122. The minimum atomic E-state index is -1.12. The molecule has 0 aromatic heterocycles. The third-order valence-corrected chi connectivity index (χ3v) is 3.86. The van der Waals surface area contributed by atoms with E-state index in [-0.39, 0.29) is 35.7 Å². The summed E-state index contributed by atoms with van der Waals surface area (Å²) in [6, 6.07) is 9.82. The molecule has 2 aromatic carbocycles. The lowest BCUT2D eigenvalue weighted by Crippen LogP contribution is -2.25. The average Bonchev–Trinajstić information content (AvgIpc) is 2.65. The summed E-state index contributed by atoms with van der Waals surface area (Å²) < 4.78 is 5.19. The number of halogens is 1. The second-order valence-electron chi connectivity index (χ2n) is 5.56. The molecule has 27 heavy (non-hydrogen) atoms. The van der Waals surface area contributed by atoms with Gasteiger partial charge in [-0.2, -0.15) is 0 Å². The Morgan fingerprint density at radius 1 is 1.30 bits per heavy atom. The highest BCUT2D eigenvalue weighted by Gasteiger charge is 2.24. The van der Waals surface area contributed by atoms with Crippen molar-refractivity contribution in [1.82, 2.24) is 0 Å². The van der Waals surface area contributed by atoms with Crippen LogP contribution < -0.4 is 5.32 Å². The number of esters is 1. The van der Waals surface area contributed by atoms with Crippen LogP contribution in [0.25, 0.3) is 0 Å². The molecule has 8 nitrogen and oxygen atoms in total. The Kier molecular flexibility index (Phi) is 6.86. The SMILES string of the molecule is C[C@H](OC(=O)c1cc([N+](=O)[O-])ccc1NCCO)C(=O)c1cccc(Cl)c1. The summed E-state index contributed by atoms with van der Waals surface area (Å²) in [6.45, 7) is 1.34. The quantitative estimate of drug-likeness (QED) is 0.306. The minimum Gasteiger partial charge on any atom is -0.451 e. The summed E-state index contributed by atoms with van der Waals surface area (Å²) in [4.78, 5) is 35.2. The van der Waals surface area contributed by atoms with E-state index in [1.165, 1.54) is 25.1 Å². The number of rotatable bonds is 8. The molecule has 0 saturated carbocycles. The molecule has 0 aliphatic heterocycles. The highest BCUT2D eigenvalue weighted by Crippen LogP contribution is 2.24. The topological polar surface area (TPSA) is 119 Å². The van der Waals surface area contributed by atoms with Crippen molar-refractivity contribution in [3.8, 4) is 0 Å². The van der Waals surface area contributed by atoms with Gasteiger partial charge >= 0.3 is 5.97 Å². The van der Waals surface area contributed by atoms with Crippen molar-refractivity contribution in [3.63, 3.8) is 0 Å². The van der Waals surface area contributed by atoms with E-state index in [1.807, 2.05) is 0 Å². The molecule has 2 aromatic rings. The van der Waals surface area contributed by atoms with Crippen molar-refractivity contribution in [2.24, 2.45) is 0 Å². The molecule has 0 aliphatic rings. The van der Waals surface area contributed by atoms with Gasteiger partial charge in [-0.25, -0.2) is 4.79 Å². The van der Waals surface area contributed by atoms with Crippen LogP contribution in [0.4, 0.5) is 11.4 Å². The Balaban J connectivity index is 2.23. The van der Waals surface area contributed by atoms with Crippen LogP contribution in [0.2, 0.25) is 5.02 Å². The molecular weight excluding hydrogens is 376 g/mol. The Labute approximate surface area is 159 Å². The number of aliphatic hydroxyl groups excluding tert-OH is 1. The van der Waals surface area contributed by atoms with Crippen LogP contribution in [0.3, 0.4) is 0 Å². The molecule has 0 spiro atoms. The molecule has 0 saturated heterocycles. The lowest BCUT2D eigenvalue weighted by atomic mass is 10.1. The first-order chi connectivity index (χ1) is 12.8. The molecule has 142 valence electrons. The van der Waals surface area contributed by atoms with Crippen molar-refractivity contribution in [1.29, 1.82) is 0 Å². The van der Waals surface area contributed by atoms with Crippen LogP contribution in [0.1, 0.15) is 27.6 Å². The van der Waals surface area contributed by atoms with Crippen molar-refractivity contribution < 1.29 is 24.4 Å². The second kappa shape index (κ2) is 9.11. The molecule has 9 heteroatoms. The van der Waals surface area contributed by atoms with E-state index in [1.54, 1.807) is 18.2 Å². The van der Waals surface area contributed by atoms with Crippen molar-refractivity contribution >= 4 is 34.7 Å². The number of non-ortho nitro benzene ring substituents is 1. The number of benzene rings is 2. The predicted molar refractivity (Wildman–Crippen MR) is 99.3 cm³/mol. The van der Waals surface area contributed by atoms with Crippen LogP contribution in [0.5, 0.6) is 0 Å². The summed E-state index contributed by atoms with van der Waals surface area (Å²) >= 11 is 5.86. The van der Waals surface area contributed by atoms with Gasteiger partial charge in [0.2, 0.25) is 5.78 Å². The number of ketones is 1. The zero-order valence-corrected chi connectivity index (χ0v) is 15.1. The van der Waals surface area contributed by atoms with Crippen molar-refractivity contribution in [2.75, 3.05) is 18.5 Å². The van der Waals surface area contributed by atoms with Gasteiger partial charge in [0.1, 0.15) is 0 Å². The van der Waals surface area contributed by atoms with Gasteiger partial charge in [0, 0.05) is 35.0 Å². The zero-order valence-electron chi connectivity index (χ0n) is 14.3. The first-order valence-electron chi connectivity index (χ1n) is 7.97. The second-order valence-corrected chi connectivity index (χ2v) is 6.00. The van der Waals surface area contributed by atoms with Gasteiger partial charge < -0.3 is 15.2 Å². The van der Waals surface area contributed by atoms with Gasteiger partial charge in [0.05, 0.1) is 17.1 Å². The van der Waals surface area contributed by atoms with Crippen LogP contribution >= 0.6 is 11.6 Å². The molecule has 0 unspecified atom stereocenters. The van der Waals surface area contributed by atoms with Crippen molar-refractivity contribution in [2.45, 2.75) is 13.0 Å². The number of carbonyl (C=O) groups is 2. The van der Waals surface area contributed by atoms with E-state index < -0.39 is 22.8 Å². The lowest BCUT2D eigenvalue weighted by Gasteiger charge is -2.15. The maximum Gasteiger partial charge on any atom is 0.341 e. The van der Waals surface area contributed by atoms with Crippen molar-refractivity contribution in [3.05, 3.63) is 68.7 Å². The summed E-state index contributed by atoms with van der Waals surface area (Å²) in [5.74, 6) is -1.36. The molecule has 0 radical (unpaired) electrons. The number of ether oxygens (including phenoxy) is 1. The Hall–Kier alpha value is -2.97. The fraction of sp³-hybridized carbons (Fsp3) is 0.222. The van der Waals surface area contributed by atoms with E-state index in [2.05, 4.69) is 5.32 Å². The Morgan fingerprint density at radius 3 is 2.67 bits per heavy atom. The standard InChI is InChI=1S/C18H17ClN2O6/c1-11(17(23)12-3-2-4-13(19)9-12)27-18(24)15-10-14(21(25)26)5-6-16(15)20-7-8-22/h2-6,9-11,20,22H,7-8H2,1H3/t11-/m0/s1. The van der Waals surface area contributed by atoms with Gasteiger partial charge in [-0.1, -0.05) is 23.7 Å². The molecule has 1 atom stereocenters. The number of hydrogen-bond acceptors (Lipinski definition) is 7. The van der Waals surface area contributed by atoms with E-state index in [0.29, 0.717) is 5.02 Å². The van der Waals surface area contributed by atoms with E-state index in [9.17, 15) is 19.7 Å². The molecule has 2 rings (SSSR count). The van der Waals surface area contributed by atoms with E-state index in [0.717, 1.165) is 6.07 Å². The number of nitrogens with zero attached hydrogens (tertiary/aromatic N) is 1. The Bertz CT molecular complexity index is 871. The van der Waals surface area contributed by atoms with Crippen LogP contribution in [0, 0.1) is 10.1 Å². The van der Waals surface area contributed by atoms with Gasteiger partial charge in [-0.15, -0.1) is 0 Å². The van der Waals surface area contributed by atoms with E-state index >= 15 is 0 Å². The maximum absolute atomic E-state index is 12.5. The van der Waals surface area contributed by atoms with Gasteiger partial charge in [0.25, 0.3) is 5.69 Å². The predicted octanol–water partition coefficient (Wildman–Crippen LogP) is 3.08. The molecule has 0 fully saturated rings. The number of aliphatic hydroxyl groups is 1. The largest absolute Gasteiger partial charge is 0.451 e. The van der Waals surface area contributed by atoms with Gasteiger partial charge in [-0.05, 0) is 25.1 Å². The third-order valence-electron chi connectivity index (χ3n) is 3.62.